The fraction of sp³-hybridized carbons (Fsp3) is 0.500. The van der Waals surface area contributed by atoms with Crippen molar-refractivity contribution in [2.75, 3.05) is 31.7 Å². The van der Waals surface area contributed by atoms with Crippen LogP contribution in [0.15, 0.2) is 12.3 Å². The largest absolute Gasteiger partial charge is 0.396 e. The summed E-state index contributed by atoms with van der Waals surface area (Å²) in [7, 11) is 4.09. The minimum Gasteiger partial charge on any atom is -0.396 e. The number of nitrogens with zero attached hydrogens (tertiary/aromatic N) is 3. The van der Waals surface area contributed by atoms with Gasteiger partial charge in [0.25, 0.3) is 0 Å². The Hall–Kier alpha value is -1.80. The number of aromatic nitrogens is 1. The molecule has 0 fully saturated rings. The van der Waals surface area contributed by atoms with Crippen LogP contribution in [0.3, 0.4) is 0 Å². The molecule has 1 aromatic rings. The second kappa shape index (κ2) is 6.06. The van der Waals surface area contributed by atoms with Crippen molar-refractivity contribution in [1.29, 1.82) is 5.26 Å². The van der Waals surface area contributed by atoms with E-state index in [0.29, 0.717) is 23.1 Å². The second-order valence-corrected chi connectivity index (χ2v) is 4.41. The topological polar surface area (TPSA) is 78.0 Å². The maximum atomic E-state index is 8.71. The molecule has 92 valence electrons. The van der Waals surface area contributed by atoms with E-state index < -0.39 is 0 Å². The Morgan fingerprint density at radius 2 is 2.29 bits per heavy atom. The molecule has 0 saturated carbocycles. The van der Waals surface area contributed by atoms with E-state index in [-0.39, 0.29) is 0 Å². The average molecular weight is 233 g/mol. The normalized spacial score (nSPS) is 12.2. The molecule has 0 spiro atoms. The number of hydrogen-bond donors (Lipinski definition) is 2. The van der Waals surface area contributed by atoms with E-state index in [1.54, 1.807) is 6.07 Å². The standard InChI is InChI=1S/C12H19N5/c1-9(4-5-17(2)3)16-12-11(14)6-10(7-13)8-15-12/h6,8-9H,4-5,14H2,1-3H3,(H,15,16). The van der Waals surface area contributed by atoms with E-state index in [2.05, 4.69) is 22.1 Å². The molecule has 1 rings (SSSR count). The van der Waals surface area contributed by atoms with E-state index in [1.165, 1.54) is 6.20 Å². The van der Waals surface area contributed by atoms with Crippen LogP contribution >= 0.6 is 0 Å². The second-order valence-electron chi connectivity index (χ2n) is 4.41. The third-order valence-corrected chi connectivity index (χ3v) is 2.44. The first kappa shape index (κ1) is 13.3. The fourth-order valence-electron chi connectivity index (χ4n) is 1.42. The number of hydrogen-bond acceptors (Lipinski definition) is 5. The van der Waals surface area contributed by atoms with Crippen LogP contribution < -0.4 is 11.1 Å². The van der Waals surface area contributed by atoms with Gasteiger partial charge in [0.1, 0.15) is 11.9 Å². The van der Waals surface area contributed by atoms with E-state index >= 15 is 0 Å². The number of nitrogens with one attached hydrogen (secondary N) is 1. The van der Waals surface area contributed by atoms with Gasteiger partial charge in [-0.05, 0) is 40.1 Å². The van der Waals surface area contributed by atoms with E-state index in [9.17, 15) is 0 Å². The number of anilines is 2. The predicted octanol–water partition coefficient (Wildman–Crippen LogP) is 1.29. The van der Waals surface area contributed by atoms with Crippen molar-refractivity contribution < 1.29 is 0 Å². The first-order valence-electron chi connectivity index (χ1n) is 5.60. The summed E-state index contributed by atoms with van der Waals surface area (Å²) >= 11 is 0. The average Bonchev–Trinajstić information content (AvgIpc) is 2.29. The molecule has 1 aromatic heterocycles. The van der Waals surface area contributed by atoms with E-state index in [0.717, 1.165) is 13.0 Å². The Balaban J connectivity index is 2.60. The van der Waals surface area contributed by atoms with Crippen LogP contribution in [0.4, 0.5) is 11.5 Å². The molecule has 0 aromatic carbocycles. The van der Waals surface area contributed by atoms with Gasteiger partial charge in [-0.3, -0.25) is 0 Å². The Kier molecular flexibility index (Phi) is 4.73. The zero-order chi connectivity index (χ0) is 12.8. The molecule has 3 N–H and O–H groups in total. The third kappa shape index (κ3) is 4.29. The van der Waals surface area contributed by atoms with Crippen LogP contribution in [0.1, 0.15) is 18.9 Å². The van der Waals surface area contributed by atoms with Gasteiger partial charge >= 0.3 is 0 Å². The maximum absolute atomic E-state index is 8.71. The minimum atomic E-state index is 0.292. The lowest BCUT2D eigenvalue weighted by Crippen LogP contribution is -2.23. The number of nitrogen functional groups attached to an aromatic ring is 1. The SMILES string of the molecule is CC(CCN(C)C)Nc1ncc(C#N)cc1N. The van der Waals surface area contributed by atoms with Gasteiger partial charge in [-0.1, -0.05) is 0 Å². The lowest BCUT2D eigenvalue weighted by molar-refractivity contribution is 0.390. The molecule has 0 bridgehead atoms. The molecule has 0 aliphatic carbocycles. The summed E-state index contributed by atoms with van der Waals surface area (Å²) in [6, 6.07) is 3.94. The molecule has 1 unspecified atom stereocenters. The van der Waals surface area contributed by atoms with Crippen LogP contribution in [0, 0.1) is 11.3 Å². The predicted molar refractivity (Wildman–Crippen MR) is 69.6 cm³/mol. The van der Waals surface area contributed by atoms with Crippen LogP contribution in [0.25, 0.3) is 0 Å². The summed E-state index contributed by atoms with van der Waals surface area (Å²) in [5, 5.41) is 12.0. The quantitative estimate of drug-likeness (QED) is 0.801. The van der Waals surface area contributed by atoms with Gasteiger partial charge in [-0.15, -0.1) is 0 Å². The van der Waals surface area contributed by atoms with Gasteiger partial charge in [0, 0.05) is 12.2 Å². The van der Waals surface area contributed by atoms with Gasteiger partial charge in [0.2, 0.25) is 0 Å². The van der Waals surface area contributed by atoms with E-state index in [4.69, 9.17) is 11.0 Å². The van der Waals surface area contributed by atoms with Gasteiger partial charge in [0.05, 0.1) is 11.3 Å². The van der Waals surface area contributed by atoms with Crippen LogP contribution in [-0.4, -0.2) is 36.6 Å². The minimum absolute atomic E-state index is 0.292. The van der Waals surface area contributed by atoms with Crippen molar-refractivity contribution in [1.82, 2.24) is 9.88 Å². The first-order chi connectivity index (χ1) is 8.02. The molecule has 1 heterocycles. The van der Waals surface area contributed by atoms with Gasteiger partial charge in [0.15, 0.2) is 0 Å². The van der Waals surface area contributed by atoms with Gasteiger partial charge in [-0.2, -0.15) is 5.26 Å². The summed E-state index contributed by atoms with van der Waals surface area (Å²) in [5.74, 6) is 0.648. The van der Waals surface area contributed by atoms with Crippen LogP contribution in [0.5, 0.6) is 0 Å². The molecule has 5 heteroatoms. The zero-order valence-corrected chi connectivity index (χ0v) is 10.6. The zero-order valence-electron chi connectivity index (χ0n) is 10.6. The van der Waals surface area contributed by atoms with E-state index in [1.807, 2.05) is 20.2 Å². The molecule has 0 aliphatic heterocycles. The number of nitriles is 1. The van der Waals surface area contributed by atoms with Crippen molar-refractivity contribution in [3.8, 4) is 6.07 Å². The Labute approximate surface area is 102 Å². The number of rotatable bonds is 5. The summed E-state index contributed by atoms with van der Waals surface area (Å²) in [4.78, 5) is 6.28. The maximum Gasteiger partial charge on any atom is 0.149 e. The molecule has 0 aliphatic rings. The smallest absolute Gasteiger partial charge is 0.149 e. The number of pyridine rings is 1. The van der Waals surface area contributed by atoms with Gasteiger partial charge < -0.3 is 16.0 Å². The van der Waals surface area contributed by atoms with Crippen molar-refractivity contribution in [2.24, 2.45) is 0 Å². The van der Waals surface area contributed by atoms with Crippen molar-refractivity contribution in [3.05, 3.63) is 17.8 Å². The highest BCUT2D eigenvalue weighted by molar-refractivity contribution is 5.63. The highest BCUT2D eigenvalue weighted by Crippen LogP contribution is 2.17. The van der Waals surface area contributed by atoms with Crippen molar-refractivity contribution in [3.63, 3.8) is 0 Å². The molecule has 1 atom stereocenters. The summed E-state index contributed by atoms with van der Waals surface area (Å²) in [6.45, 7) is 3.09. The molecule has 0 radical (unpaired) electrons. The van der Waals surface area contributed by atoms with Crippen LogP contribution in [0.2, 0.25) is 0 Å². The monoisotopic (exact) mass is 233 g/mol. The molecule has 5 nitrogen and oxygen atoms in total. The molecule has 17 heavy (non-hydrogen) atoms. The summed E-state index contributed by atoms with van der Waals surface area (Å²) in [5.41, 5.74) is 6.81. The lowest BCUT2D eigenvalue weighted by Gasteiger charge is -2.18. The highest BCUT2D eigenvalue weighted by Gasteiger charge is 2.07. The van der Waals surface area contributed by atoms with Crippen molar-refractivity contribution in [2.45, 2.75) is 19.4 Å². The summed E-state index contributed by atoms with van der Waals surface area (Å²) < 4.78 is 0. The highest BCUT2D eigenvalue weighted by atomic mass is 15.1. The van der Waals surface area contributed by atoms with Gasteiger partial charge in [-0.25, -0.2) is 4.98 Å². The van der Waals surface area contributed by atoms with Crippen LogP contribution in [-0.2, 0) is 0 Å². The molecule has 0 amide bonds. The molecule has 0 saturated heterocycles. The summed E-state index contributed by atoms with van der Waals surface area (Å²) in [6.07, 6.45) is 2.53. The lowest BCUT2D eigenvalue weighted by atomic mass is 10.2. The third-order valence-electron chi connectivity index (χ3n) is 2.44. The first-order valence-corrected chi connectivity index (χ1v) is 5.60. The Morgan fingerprint density at radius 3 is 2.82 bits per heavy atom. The molecular formula is C12H19N5. The number of nitrogens with two attached hydrogens (primary N) is 1. The Bertz CT molecular complexity index is 408. The Morgan fingerprint density at radius 1 is 1.59 bits per heavy atom. The molecular weight excluding hydrogens is 214 g/mol. The fourth-order valence-corrected chi connectivity index (χ4v) is 1.42. The van der Waals surface area contributed by atoms with Crippen molar-refractivity contribution >= 4 is 11.5 Å².